The Labute approximate surface area is 107 Å². The van der Waals surface area contributed by atoms with E-state index in [9.17, 15) is 0 Å². The average molecular weight is 245 g/mol. The normalized spacial score (nSPS) is 10.7. The van der Waals surface area contributed by atoms with E-state index in [1.165, 1.54) is 5.56 Å². The highest BCUT2D eigenvalue weighted by Crippen LogP contribution is 2.31. The van der Waals surface area contributed by atoms with Gasteiger partial charge in [-0.05, 0) is 37.1 Å². The Morgan fingerprint density at radius 2 is 2.06 bits per heavy atom. The first-order valence-corrected chi connectivity index (χ1v) is 5.96. The monoisotopic (exact) mass is 245 g/mol. The maximum absolute atomic E-state index is 5.84. The van der Waals surface area contributed by atoms with Gasteiger partial charge in [-0.3, -0.25) is 4.68 Å². The van der Waals surface area contributed by atoms with Crippen molar-refractivity contribution in [2.24, 2.45) is 12.8 Å². The third kappa shape index (κ3) is 1.99. The molecule has 4 nitrogen and oxygen atoms in total. The maximum atomic E-state index is 5.84. The first kappa shape index (κ1) is 12.6. The van der Waals surface area contributed by atoms with Crippen molar-refractivity contribution in [1.82, 2.24) is 9.78 Å². The molecule has 0 aliphatic carbocycles. The summed E-state index contributed by atoms with van der Waals surface area (Å²) in [5.74, 6) is 0.832. The SMILES string of the molecule is COc1ccc(-c2c(C)nn(C)c2C)c(CN)c1. The summed E-state index contributed by atoms with van der Waals surface area (Å²) in [5.41, 5.74) is 11.4. The topological polar surface area (TPSA) is 53.1 Å². The second kappa shape index (κ2) is 4.82. The lowest BCUT2D eigenvalue weighted by Gasteiger charge is -2.10. The molecule has 2 rings (SSSR count). The van der Waals surface area contributed by atoms with Gasteiger partial charge in [0.2, 0.25) is 0 Å². The molecule has 0 fully saturated rings. The van der Waals surface area contributed by atoms with Gasteiger partial charge in [0.25, 0.3) is 0 Å². The van der Waals surface area contributed by atoms with Gasteiger partial charge in [-0.1, -0.05) is 6.07 Å². The van der Waals surface area contributed by atoms with Gasteiger partial charge in [0.15, 0.2) is 0 Å². The van der Waals surface area contributed by atoms with Gasteiger partial charge >= 0.3 is 0 Å². The Morgan fingerprint density at radius 3 is 2.56 bits per heavy atom. The van der Waals surface area contributed by atoms with E-state index >= 15 is 0 Å². The lowest BCUT2D eigenvalue weighted by atomic mass is 9.98. The molecular formula is C14H19N3O. The molecule has 0 spiro atoms. The third-order valence-electron chi connectivity index (χ3n) is 3.31. The molecule has 0 aliphatic rings. The Bertz CT molecular complexity index is 573. The lowest BCUT2D eigenvalue weighted by Crippen LogP contribution is -2.01. The van der Waals surface area contributed by atoms with Crippen molar-refractivity contribution in [2.75, 3.05) is 7.11 Å². The van der Waals surface area contributed by atoms with Crippen LogP contribution in [0.1, 0.15) is 17.0 Å². The summed E-state index contributed by atoms with van der Waals surface area (Å²) in [5, 5.41) is 4.45. The molecular weight excluding hydrogens is 226 g/mol. The van der Waals surface area contributed by atoms with Crippen molar-refractivity contribution < 1.29 is 4.74 Å². The van der Waals surface area contributed by atoms with Crippen LogP contribution in [0.4, 0.5) is 0 Å². The molecule has 0 saturated heterocycles. The number of rotatable bonds is 3. The van der Waals surface area contributed by atoms with E-state index < -0.39 is 0 Å². The van der Waals surface area contributed by atoms with Crippen LogP contribution < -0.4 is 10.5 Å². The second-order valence-electron chi connectivity index (χ2n) is 4.40. The standard InChI is InChI=1S/C14H19N3O/c1-9-14(10(2)17(3)16-9)13-6-5-12(18-4)7-11(13)8-15/h5-7H,8,15H2,1-4H3. The Kier molecular flexibility index (Phi) is 3.39. The number of hydrogen-bond acceptors (Lipinski definition) is 3. The van der Waals surface area contributed by atoms with Gasteiger partial charge in [0.1, 0.15) is 5.75 Å². The number of hydrogen-bond donors (Lipinski definition) is 1. The smallest absolute Gasteiger partial charge is 0.119 e. The molecule has 2 N–H and O–H groups in total. The fraction of sp³-hybridized carbons (Fsp3) is 0.357. The van der Waals surface area contributed by atoms with Crippen LogP contribution in [0.2, 0.25) is 0 Å². The van der Waals surface area contributed by atoms with Gasteiger partial charge in [-0.25, -0.2) is 0 Å². The molecule has 0 aliphatic heterocycles. The van der Waals surface area contributed by atoms with Crippen molar-refractivity contribution >= 4 is 0 Å². The quantitative estimate of drug-likeness (QED) is 0.901. The van der Waals surface area contributed by atoms with Crippen LogP contribution in [-0.2, 0) is 13.6 Å². The molecule has 0 unspecified atom stereocenters. The van der Waals surface area contributed by atoms with E-state index in [0.717, 1.165) is 28.3 Å². The predicted molar refractivity (Wildman–Crippen MR) is 72.6 cm³/mol. The maximum Gasteiger partial charge on any atom is 0.119 e. The van der Waals surface area contributed by atoms with Gasteiger partial charge in [-0.2, -0.15) is 5.10 Å². The van der Waals surface area contributed by atoms with Crippen LogP contribution in [0.25, 0.3) is 11.1 Å². The van der Waals surface area contributed by atoms with Crippen LogP contribution in [-0.4, -0.2) is 16.9 Å². The Hall–Kier alpha value is -1.81. The van der Waals surface area contributed by atoms with Gasteiger partial charge < -0.3 is 10.5 Å². The summed E-state index contributed by atoms with van der Waals surface area (Å²) in [4.78, 5) is 0. The molecule has 0 atom stereocenters. The molecule has 96 valence electrons. The van der Waals surface area contributed by atoms with E-state index in [-0.39, 0.29) is 0 Å². The zero-order valence-corrected chi connectivity index (χ0v) is 11.3. The Morgan fingerprint density at radius 1 is 1.33 bits per heavy atom. The summed E-state index contributed by atoms with van der Waals surface area (Å²) in [7, 11) is 3.62. The second-order valence-corrected chi connectivity index (χ2v) is 4.40. The van der Waals surface area contributed by atoms with Gasteiger partial charge in [0, 0.05) is 24.8 Å². The number of aromatic nitrogens is 2. The number of nitrogens with zero attached hydrogens (tertiary/aromatic N) is 2. The minimum Gasteiger partial charge on any atom is -0.497 e. The molecule has 2 aromatic rings. The van der Waals surface area contributed by atoms with Crippen LogP contribution in [0.15, 0.2) is 18.2 Å². The first-order valence-electron chi connectivity index (χ1n) is 5.96. The molecule has 18 heavy (non-hydrogen) atoms. The summed E-state index contributed by atoms with van der Waals surface area (Å²) < 4.78 is 7.13. The van der Waals surface area contributed by atoms with Gasteiger partial charge in [-0.15, -0.1) is 0 Å². The Balaban J connectivity index is 2.63. The van der Waals surface area contributed by atoms with Crippen LogP contribution >= 0.6 is 0 Å². The van der Waals surface area contributed by atoms with Crippen molar-refractivity contribution in [3.8, 4) is 16.9 Å². The highest BCUT2D eigenvalue weighted by atomic mass is 16.5. The van der Waals surface area contributed by atoms with Crippen molar-refractivity contribution in [1.29, 1.82) is 0 Å². The minimum atomic E-state index is 0.486. The number of aryl methyl sites for hydroxylation is 2. The number of ether oxygens (including phenoxy) is 1. The van der Waals surface area contributed by atoms with Crippen molar-refractivity contribution in [2.45, 2.75) is 20.4 Å². The van der Waals surface area contributed by atoms with E-state index in [2.05, 4.69) is 18.1 Å². The fourth-order valence-electron chi connectivity index (χ4n) is 2.27. The molecule has 0 bridgehead atoms. The zero-order valence-electron chi connectivity index (χ0n) is 11.3. The number of methoxy groups -OCH3 is 1. The lowest BCUT2D eigenvalue weighted by molar-refractivity contribution is 0.414. The average Bonchev–Trinajstić information content (AvgIpc) is 2.62. The molecule has 1 aromatic carbocycles. The fourth-order valence-corrected chi connectivity index (χ4v) is 2.27. The first-order chi connectivity index (χ1) is 8.58. The number of benzene rings is 1. The summed E-state index contributed by atoms with van der Waals surface area (Å²) in [6.45, 7) is 4.58. The van der Waals surface area contributed by atoms with Gasteiger partial charge in [0.05, 0.1) is 12.8 Å². The van der Waals surface area contributed by atoms with Crippen LogP contribution in [0.3, 0.4) is 0 Å². The van der Waals surface area contributed by atoms with Crippen LogP contribution in [0, 0.1) is 13.8 Å². The zero-order chi connectivity index (χ0) is 13.3. The highest BCUT2D eigenvalue weighted by Gasteiger charge is 2.14. The predicted octanol–water partition coefficient (Wildman–Crippen LogP) is 2.17. The third-order valence-corrected chi connectivity index (χ3v) is 3.31. The van der Waals surface area contributed by atoms with Crippen LogP contribution in [0.5, 0.6) is 5.75 Å². The van der Waals surface area contributed by atoms with Crippen molar-refractivity contribution in [3.05, 3.63) is 35.2 Å². The van der Waals surface area contributed by atoms with Crippen molar-refractivity contribution in [3.63, 3.8) is 0 Å². The molecule has 0 amide bonds. The molecule has 0 radical (unpaired) electrons. The van der Waals surface area contributed by atoms with E-state index in [1.54, 1.807) is 7.11 Å². The van der Waals surface area contributed by atoms with E-state index in [4.69, 9.17) is 10.5 Å². The number of nitrogens with two attached hydrogens (primary N) is 1. The molecule has 4 heteroatoms. The summed E-state index contributed by atoms with van der Waals surface area (Å²) in [6.07, 6.45) is 0. The molecule has 1 heterocycles. The summed E-state index contributed by atoms with van der Waals surface area (Å²) >= 11 is 0. The largest absolute Gasteiger partial charge is 0.497 e. The molecule has 0 saturated carbocycles. The van der Waals surface area contributed by atoms with E-state index in [0.29, 0.717) is 6.54 Å². The molecule has 1 aromatic heterocycles. The van der Waals surface area contributed by atoms with E-state index in [1.807, 2.05) is 30.8 Å². The summed E-state index contributed by atoms with van der Waals surface area (Å²) in [6, 6.07) is 6.00. The minimum absolute atomic E-state index is 0.486. The highest BCUT2D eigenvalue weighted by molar-refractivity contribution is 5.72.